The molecule has 8 heteroatoms. The van der Waals surface area contributed by atoms with Crippen LogP contribution in [0.5, 0.6) is 0 Å². The smallest absolute Gasteiger partial charge is 0.323 e. The molecule has 1 N–H and O–H groups in total. The Kier molecular flexibility index (Phi) is 4.94. The maximum Gasteiger partial charge on any atom is 0.323 e. The second kappa shape index (κ2) is 7.69. The summed E-state index contributed by atoms with van der Waals surface area (Å²) in [5, 5.41) is 4.33. The summed E-state index contributed by atoms with van der Waals surface area (Å²) in [4.78, 5) is 32.1. The lowest BCUT2D eigenvalue weighted by Gasteiger charge is -2.14. The van der Waals surface area contributed by atoms with Crippen LogP contribution in [0.4, 0.5) is 0 Å². The molecule has 0 saturated carbocycles. The van der Waals surface area contributed by atoms with E-state index in [1.54, 1.807) is 4.68 Å². The SMILES string of the molecule is COC(=O)C(Sc1nc2c(cnn2-c2ccccc2)c(=O)[nH]1)c1ccccc1. The number of ether oxygens (including phenoxy) is 1. The van der Waals surface area contributed by atoms with Gasteiger partial charge in [-0.15, -0.1) is 0 Å². The van der Waals surface area contributed by atoms with Crippen molar-refractivity contribution in [3.8, 4) is 5.69 Å². The molecule has 2 aromatic carbocycles. The van der Waals surface area contributed by atoms with E-state index in [1.165, 1.54) is 13.3 Å². The van der Waals surface area contributed by atoms with Gasteiger partial charge in [-0.2, -0.15) is 5.10 Å². The van der Waals surface area contributed by atoms with E-state index in [-0.39, 0.29) is 5.56 Å². The van der Waals surface area contributed by atoms with E-state index in [1.807, 2.05) is 60.7 Å². The number of methoxy groups -OCH3 is 1. The highest BCUT2D eigenvalue weighted by Crippen LogP contribution is 2.34. The topological polar surface area (TPSA) is 89.9 Å². The number of nitrogens with zero attached hydrogens (tertiary/aromatic N) is 3. The van der Waals surface area contributed by atoms with Crippen molar-refractivity contribution in [1.29, 1.82) is 0 Å². The summed E-state index contributed by atoms with van der Waals surface area (Å²) in [5.41, 5.74) is 1.67. The van der Waals surface area contributed by atoms with Gasteiger partial charge in [0, 0.05) is 0 Å². The average molecular weight is 392 g/mol. The fraction of sp³-hybridized carbons (Fsp3) is 0.100. The minimum Gasteiger partial charge on any atom is -0.468 e. The molecule has 0 amide bonds. The molecule has 0 spiro atoms. The van der Waals surface area contributed by atoms with Gasteiger partial charge in [-0.3, -0.25) is 9.59 Å². The second-order valence-electron chi connectivity index (χ2n) is 5.93. The number of esters is 1. The van der Waals surface area contributed by atoms with E-state index >= 15 is 0 Å². The fourth-order valence-corrected chi connectivity index (χ4v) is 3.81. The molecule has 0 bridgehead atoms. The molecule has 2 heterocycles. The number of para-hydroxylation sites is 1. The normalized spacial score (nSPS) is 12.0. The molecular weight excluding hydrogens is 376 g/mol. The first-order valence-corrected chi connectivity index (χ1v) is 9.38. The van der Waals surface area contributed by atoms with Gasteiger partial charge in [-0.05, 0) is 17.7 Å². The number of rotatable bonds is 5. The summed E-state index contributed by atoms with van der Waals surface area (Å²) in [7, 11) is 1.34. The highest BCUT2D eigenvalue weighted by molar-refractivity contribution is 8.00. The average Bonchev–Trinajstić information content (AvgIpc) is 3.17. The van der Waals surface area contributed by atoms with Gasteiger partial charge in [0.05, 0.1) is 19.0 Å². The quantitative estimate of drug-likeness (QED) is 0.319. The lowest BCUT2D eigenvalue weighted by Crippen LogP contribution is -2.14. The largest absolute Gasteiger partial charge is 0.468 e. The molecule has 0 aliphatic heterocycles. The molecule has 1 atom stereocenters. The number of hydrogen-bond acceptors (Lipinski definition) is 6. The molecule has 2 aromatic heterocycles. The van der Waals surface area contributed by atoms with Crippen LogP contribution in [0.3, 0.4) is 0 Å². The van der Waals surface area contributed by atoms with Crippen LogP contribution in [-0.4, -0.2) is 32.8 Å². The van der Waals surface area contributed by atoms with Crippen LogP contribution in [0, 0.1) is 0 Å². The molecule has 0 saturated heterocycles. The molecule has 0 radical (unpaired) electrons. The number of benzene rings is 2. The van der Waals surface area contributed by atoms with Gasteiger partial charge in [-0.25, -0.2) is 9.67 Å². The monoisotopic (exact) mass is 392 g/mol. The first-order valence-electron chi connectivity index (χ1n) is 8.50. The number of fused-ring (bicyclic) bond motifs is 1. The third kappa shape index (κ3) is 3.41. The lowest BCUT2D eigenvalue weighted by molar-refractivity contribution is -0.140. The van der Waals surface area contributed by atoms with Crippen molar-refractivity contribution in [2.24, 2.45) is 0 Å². The second-order valence-corrected chi connectivity index (χ2v) is 7.03. The third-order valence-electron chi connectivity index (χ3n) is 4.16. The van der Waals surface area contributed by atoms with Crippen LogP contribution in [0.15, 0.2) is 76.8 Å². The Labute approximate surface area is 164 Å². The first-order chi connectivity index (χ1) is 13.7. The van der Waals surface area contributed by atoms with E-state index in [2.05, 4.69) is 15.1 Å². The van der Waals surface area contributed by atoms with Gasteiger partial charge in [0.25, 0.3) is 5.56 Å². The number of H-pyrrole nitrogens is 1. The third-order valence-corrected chi connectivity index (χ3v) is 5.28. The first kappa shape index (κ1) is 18.0. The Morgan fingerprint density at radius 3 is 2.46 bits per heavy atom. The van der Waals surface area contributed by atoms with Crippen molar-refractivity contribution in [2.75, 3.05) is 7.11 Å². The number of carbonyl (C=O) groups is 1. The number of carbonyl (C=O) groups excluding carboxylic acids is 1. The van der Waals surface area contributed by atoms with Crippen LogP contribution >= 0.6 is 11.8 Å². The van der Waals surface area contributed by atoms with Crippen LogP contribution in [0.1, 0.15) is 10.8 Å². The Balaban J connectivity index is 1.78. The Bertz CT molecular complexity index is 1170. The molecule has 0 aliphatic rings. The predicted molar refractivity (Wildman–Crippen MR) is 107 cm³/mol. The predicted octanol–water partition coefficient (Wildman–Crippen LogP) is 3.12. The zero-order chi connectivity index (χ0) is 19.5. The van der Waals surface area contributed by atoms with Crippen molar-refractivity contribution >= 4 is 28.8 Å². The van der Waals surface area contributed by atoms with Gasteiger partial charge in [0.15, 0.2) is 10.8 Å². The van der Waals surface area contributed by atoms with Crippen LogP contribution in [0.2, 0.25) is 0 Å². The molecule has 28 heavy (non-hydrogen) atoms. The summed E-state index contributed by atoms with van der Waals surface area (Å²) >= 11 is 1.13. The minimum absolute atomic E-state index is 0.314. The van der Waals surface area contributed by atoms with E-state index in [4.69, 9.17) is 4.74 Å². The van der Waals surface area contributed by atoms with Crippen molar-refractivity contribution in [3.63, 3.8) is 0 Å². The van der Waals surface area contributed by atoms with E-state index in [0.29, 0.717) is 16.2 Å². The Hall–Kier alpha value is -3.39. The molecule has 7 nitrogen and oxygen atoms in total. The number of aromatic amines is 1. The zero-order valence-electron chi connectivity index (χ0n) is 14.9. The fourth-order valence-electron chi connectivity index (χ4n) is 2.81. The van der Waals surface area contributed by atoms with Crippen molar-refractivity contribution in [3.05, 3.63) is 82.8 Å². The number of nitrogens with one attached hydrogen (secondary N) is 1. The highest BCUT2D eigenvalue weighted by Gasteiger charge is 2.24. The summed E-state index contributed by atoms with van der Waals surface area (Å²) in [6, 6.07) is 18.6. The van der Waals surface area contributed by atoms with Gasteiger partial charge < -0.3 is 9.72 Å². The van der Waals surface area contributed by atoms with Crippen LogP contribution in [0.25, 0.3) is 16.7 Å². The Morgan fingerprint density at radius 2 is 1.79 bits per heavy atom. The zero-order valence-corrected chi connectivity index (χ0v) is 15.7. The van der Waals surface area contributed by atoms with Crippen molar-refractivity contribution in [1.82, 2.24) is 19.7 Å². The Morgan fingerprint density at radius 1 is 1.11 bits per heavy atom. The molecule has 0 aliphatic carbocycles. The number of hydrogen-bond donors (Lipinski definition) is 1. The lowest BCUT2D eigenvalue weighted by atomic mass is 10.1. The molecular formula is C20H16N4O3S. The van der Waals surface area contributed by atoms with Gasteiger partial charge in [0.1, 0.15) is 10.6 Å². The summed E-state index contributed by atoms with van der Waals surface area (Å²) < 4.78 is 6.54. The van der Waals surface area contributed by atoms with Gasteiger partial charge >= 0.3 is 5.97 Å². The van der Waals surface area contributed by atoms with Gasteiger partial charge in [0.2, 0.25) is 0 Å². The van der Waals surface area contributed by atoms with Gasteiger partial charge in [-0.1, -0.05) is 60.3 Å². The summed E-state index contributed by atoms with van der Waals surface area (Å²) in [5.74, 6) is -0.421. The van der Waals surface area contributed by atoms with E-state index < -0.39 is 11.2 Å². The maximum absolute atomic E-state index is 12.5. The van der Waals surface area contributed by atoms with Crippen molar-refractivity contribution < 1.29 is 9.53 Å². The van der Waals surface area contributed by atoms with E-state index in [0.717, 1.165) is 23.0 Å². The standard InChI is InChI=1S/C20H16N4O3S/c1-27-19(26)16(13-8-4-2-5-9-13)28-20-22-17-15(18(25)23-20)12-21-24(17)14-10-6-3-7-11-14/h2-12,16H,1H3,(H,22,23,25). The number of thioether (sulfide) groups is 1. The molecule has 4 aromatic rings. The molecule has 1 unspecified atom stereocenters. The molecule has 0 fully saturated rings. The van der Waals surface area contributed by atoms with Crippen molar-refractivity contribution in [2.45, 2.75) is 10.4 Å². The van der Waals surface area contributed by atoms with E-state index in [9.17, 15) is 9.59 Å². The molecule has 4 rings (SSSR count). The summed E-state index contributed by atoms with van der Waals surface area (Å²) in [6.07, 6.45) is 1.48. The summed E-state index contributed by atoms with van der Waals surface area (Å²) in [6.45, 7) is 0. The number of aromatic nitrogens is 4. The minimum atomic E-state index is -0.653. The highest BCUT2D eigenvalue weighted by atomic mass is 32.2. The van der Waals surface area contributed by atoms with Crippen LogP contribution < -0.4 is 5.56 Å². The maximum atomic E-state index is 12.5. The molecule has 140 valence electrons. The van der Waals surface area contributed by atoms with Crippen LogP contribution in [-0.2, 0) is 9.53 Å².